The maximum absolute atomic E-state index is 12.7. The minimum absolute atomic E-state index is 0.208. The monoisotopic (exact) mass is 415 g/mol. The van der Waals surface area contributed by atoms with Gasteiger partial charge in [-0.2, -0.15) is 12.7 Å². The van der Waals surface area contributed by atoms with Crippen molar-refractivity contribution in [3.8, 4) is 0 Å². The van der Waals surface area contributed by atoms with Crippen LogP contribution in [0.25, 0.3) is 10.9 Å². The Balaban J connectivity index is 1.76. The number of H-pyrrole nitrogens is 1. The molecule has 0 saturated heterocycles. The van der Waals surface area contributed by atoms with E-state index in [1.165, 1.54) is 4.31 Å². The Labute approximate surface area is 159 Å². The molecule has 5 nitrogen and oxygen atoms in total. The Morgan fingerprint density at radius 3 is 2.52 bits per heavy atom. The molecule has 2 aromatic carbocycles. The van der Waals surface area contributed by atoms with Crippen molar-refractivity contribution >= 4 is 61.6 Å². The normalized spacial score (nSPS) is 16.6. The summed E-state index contributed by atoms with van der Waals surface area (Å²) in [6.07, 6.45) is 1.59. The molecule has 0 aliphatic carbocycles. The molecule has 4 rings (SSSR count). The summed E-state index contributed by atoms with van der Waals surface area (Å²) in [5, 5.41) is 2.14. The molecule has 2 heterocycles. The van der Waals surface area contributed by atoms with E-state index in [1.807, 2.05) is 0 Å². The predicted octanol–water partition coefficient (Wildman–Crippen LogP) is 4.80. The SMILES string of the molecule is O=S1(=O)Nc2c(cc(Cl)c3c(Cl)c[nH]c23)CN1Cc1ccc(Cl)cc1. The van der Waals surface area contributed by atoms with E-state index in [2.05, 4.69) is 9.71 Å². The highest BCUT2D eigenvalue weighted by atomic mass is 35.5. The Kier molecular flexibility index (Phi) is 4.13. The summed E-state index contributed by atoms with van der Waals surface area (Å²) >= 11 is 18.3. The molecule has 2 N–H and O–H groups in total. The van der Waals surface area contributed by atoms with E-state index < -0.39 is 10.2 Å². The van der Waals surface area contributed by atoms with Gasteiger partial charge in [0.1, 0.15) is 0 Å². The molecule has 0 fully saturated rings. The van der Waals surface area contributed by atoms with Crippen molar-refractivity contribution in [2.24, 2.45) is 0 Å². The number of anilines is 1. The first kappa shape index (κ1) is 17.0. The summed E-state index contributed by atoms with van der Waals surface area (Å²) in [7, 11) is -3.70. The fourth-order valence-electron chi connectivity index (χ4n) is 2.93. The van der Waals surface area contributed by atoms with Crippen molar-refractivity contribution in [3.05, 3.63) is 62.7 Å². The number of aromatic amines is 1. The van der Waals surface area contributed by atoms with Crippen molar-refractivity contribution in [2.45, 2.75) is 13.1 Å². The van der Waals surface area contributed by atoms with Crippen LogP contribution in [0, 0.1) is 0 Å². The second-order valence-corrected chi connectivity index (χ2v) is 8.70. The fraction of sp³-hybridized carbons (Fsp3) is 0.125. The minimum atomic E-state index is -3.70. The second-order valence-electron chi connectivity index (χ2n) is 5.78. The van der Waals surface area contributed by atoms with Crippen LogP contribution in [0.2, 0.25) is 15.1 Å². The number of rotatable bonds is 2. The van der Waals surface area contributed by atoms with Crippen molar-refractivity contribution in [1.29, 1.82) is 0 Å². The largest absolute Gasteiger partial charge is 0.358 e. The van der Waals surface area contributed by atoms with Crippen molar-refractivity contribution in [1.82, 2.24) is 9.29 Å². The van der Waals surface area contributed by atoms with Gasteiger partial charge in [-0.1, -0.05) is 46.9 Å². The number of fused-ring (bicyclic) bond motifs is 3. The van der Waals surface area contributed by atoms with Gasteiger partial charge in [0, 0.05) is 29.7 Å². The Morgan fingerprint density at radius 2 is 1.80 bits per heavy atom. The van der Waals surface area contributed by atoms with E-state index in [4.69, 9.17) is 34.8 Å². The van der Waals surface area contributed by atoms with Crippen LogP contribution in [0.4, 0.5) is 5.69 Å². The first-order chi connectivity index (χ1) is 11.8. The molecular formula is C16H12Cl3N3O2S. The van der Waals surface area contributed by atoms with Gasteiger partial charge in [0.2, 0.25) is 0 Å². The lowest BCUT2D eigenvalue weighted by Gasteiger charge is -2.29. The maximum atomic E-state index is 12.7. The van der Waals surface area contributed by atoms with Crippen LogP contribution in [0.5, 0.6) is 0 Å². The topological polar surface area (TPSA) is 65.2 Å². The van der Waals surface area contributed by atoms with Gasteiger partial charge in [0.25, 0.3) is 0 Å². The third kappa shape index (κ3) is 2.98. The summed E-state index contributed by atoms with van der Waals surface area (Å²) < 4.78 is 29.3. The molecular weight excluding hydrogens is 405 g/mol. The predicted molar refractivity (Wildman–Crippen MR) is 102 cm³/mol. The van der Waals surface area contributed by atoms with Gasteiger partial charge in [0.15, 0.2) is 0 Å². The highest BCUT2D eigenvalue weighted by Crippen LogP contribution is 2.40. The Bertz CT molecular complexity index is 1080. The van der Waals surface area contributed by atoms with Gasteiger partial charge in [0.05, 0.1) is 21.2 Å². The third-order valence-corrected chi connectivity index (χ3v) is 6.38. The average molecular weight is 417 g/mol. The average Bonchev–Trinajstić information content (AvgIpc) is 2.94. The van der Waals surface area contributed by atoms with Crippen LogP contribution in [-0.4, -0.2) is 17.7 Å². The molecule has 0 atom stereocenters. The first-order valence-corrected chi connectivity index (χ1v) is 9.93. The molecule has 0 amide bonds. The van der Waals surface area contributed by atoms with Crippen LogP contribution >= 0.6 is 34.8 Å². The van der Waals surface area contributed by atoms with Gasteiger partial charge in [-0.25, -0.2) is 0 Å². The molecule has 130 valence electrons. The zero-order valence-corrected chi connectivity index (χ0v) is 15.8. The summed E-state index contributed by atoms with van der Waals surface area (Å²) in [6.45, 7) is 0.437. The fourth-order valence-corrected chi connectivity index (χ4v) is 4.93. The van der Waals surface area contributed by atoms with E-state index in [0.29, 0.717) is 31.7 Å². The van der Waals surface area contributed by atoms with Crippen LogP contribution in [-0.2, 0) is 23.3 Å². The standard InChI is InChI=1S/C16H12Cl3N3O2S/c17-11-3-1-9(2-4-11)7-22-8-10-5-12(18)14-13(19)6-20-16(14)15(10)21-25(22,23)24/h1-6,20-21H,7-8H2. The summed E-state index contributed by atoms with van der Waals surface area (Å²) in [6, 6.07) is 8.81. The molecule has 1 aliphatic heterocycles. The van der Waals surface area contributed by atoms with E-state index in [1.54, 1.807) is 36.5 Å². The number of benzene rings is 2. The lowest BCUT2D eigenvalue weighted by molar-refractivity contribution is 0.400. The first-order valence-electron chi connectivity index (χ1n) is 7.35. The summed E-state index contributed by atoms with van der Waals surface area (Å²) in [5.74, 6) is 0. The van der Waals surface area contributed by atoms with E-state index in [9.17, 15) is 8.42 Å². The highest BCUT2D eigenvalue weighted by Gasteiger charge is 2.31. The van der Waals surface area contributed by atoms with Gasteiger partial charge in [-0.15, -0.1) is 0 Å². The quantitative estimate of drug-likeness (QED) is 0.630. The molecule has 0 saturated carbocycles. The highest BCUT2D eigenvalue weighted by molar-refractivity contribution is 7.90. The van der Waals surface area contributed by atoms with E-state index in [0.717, 1.165) is 11.1 Å². The molecule has 25 heavy (non-hydrogen) atoms. The second kappa shape index (κ2) is 6.07. The number of nitrogens with zero attached hydrogens (tertiary/aromatic N) is 1. The number of halogens is 3. The Hall–Kier alpha value is -1.44. The zero-order chi connectivity index (χ0) is 17.8. The lowest BCUT2D eigenvalue weighted by atomic mass is 10.1. The van der Waals surface area contributed by atoms with Crippen LogP contribution in [0.1, 0.15) is 11.1 Å². The van der Waals surface area contributed by atoms with Gasteiger partial charge < -0.3 is 4.98 Å². The molecule has 0 bridgehead atoms. The number of aromatic nitrogens is 1. The molecule has 1 aliphatic rings. The van der Waals surface area contributed by atoms with Crippen molar-refractivity contribution < 1.29 is 8.42 Å². The minimum Gasteiger partial charge on any atom is -0.358 e. The maximum Gasteiger partial charge on any atom is 0.302 e. The summed E-state index contributed by atoms with van der Waals surface area (Å²) in [4.78, 5) is 2.99. The number of hydrogen-bond donors (Lipinski definition) is 2. The van der Waals surface area contributed by atoms with Crippen molar-refractivity contribution in [2.75, 3.05) is 4.72 Å². The van der Waals surface area contributed by atoms with Gasteiger partial charge in [-0.05, 0) is 29.3 Å². The molecule has 0 spiro atoms. The molecule has 0 unspecified atom stereocenters. The van der Waals surface area contributed by atoms with Crippen molar-refractivity contribution in [3.63, 3.8) is 0 Å². The molecule has 0 radical (unpaired) electrons. The smallest absolute Gasteiger partial charge is 0.302 e. The lowest BCUT2D eigenvalue weighted by Crippen LogP contribution is -2.39. The molecule has 3 aromatic rings. The number of hydrogen-bond acceptors (Lipinski definition) is 2. The van der Waals surface area contributed by atoms with Gasteiger partial charge in [-0.3, -0.25) is 4.72 Å². The van der Waals surface area contributed by atoms with Crippen LogP contribution in [0.15, 0.2) is 36.5 Å². The molecule has 9 heteroatoms. The van der Waals surface area contributed by atoms with Gasteiger partial charge >= 0.3 is 10.2 Å². The zero-order valence-electron chi connectivity index (χ0n) is 12.7. The third-order valence-electron chi connectivity index (χ3n) is 4.13. The Morgan fingerprint density at radius 1 is 1.08 bits per heavy atom. The van der Waals surface area contributed by atoms with E-state index >= 15 is 0 Å². The summed E-state index contributed by atoms with van der Waals surface area (Å²) in [5.41, 5.74) is 2.69. The van der Waals surface area contributed by atoms with E-state index in [-0.39, 0.29) is 13.1 Å². The van der Waals surface area contributed by atoms with Crippen LogP contribution < -0.4 is 4.72 Å². The van der Waals surface area contributed by atoms with Crippen LogP contribution in [0.3, 0.4) is 0 Å². The molecule has 1 aromatic heterocycles. The number of nitrogens with one attached hydrogen (secondary N) is 2.